The van der Waals surface area contributed by atoms with E-state index in [1.54, 1.807) is 6.26 Å². The zero-order valence-corrected chi connectivity index (χ0v) is 14.7. The van der Waals surface area contributed by atoms with E-state index in [0.717, 1.165) is 37.6 Å². The van der Waals surface area contributed by atoms with Gasteiger partial charge in [0.2, 0.25) is 5.95 Å². The standard InChI is InChI=1S/C18H23N5O2/c1-19-17-16-13(10-12(11-14(16)24)15-4-3-9-25-15)20-18(21-17)23-7-5-22(2)6-8-23/h3-4,9,12H,5-8,10-11H2,1-2H3,(H,19,20,21)/t12-/m1/s1. The van der Waals surface area contributed by atoms with Crippen molar-refractivity contribution in [1.29, 1.82) is 0 Å². The van der Waals surface area contributed by atoms with Crippen molar-refractivity contribution in [3.63, 3.8) is 0 Å². The molecule has 132 valence electrons. The summed E-state index contributed by atoms with van der Waals surface area (Å²) in [5.41, 5.74) is 1.47. The number of fused-ring (bicyclic) bond motifs is 1. The highest BCUT2D eigenvalue weighted by Gasteiger charge is 2.33. The van der Waals surface area contributed by atoms with Gasteiger partial charge in [-0.1, -0.05) is 0 Å². The molecule has 1 aliphatic carbocycles. The predicted octanol–water partition coefficient (Wildman–Crippen LogP) is 1.78. The molecule has 3 heterocycles. The van der Waals surface area contributed by atoms with Gasteiger partial charge < -0.3 is 19.5 Å². The van der Waals surface area contributed by atoms with Gasteiger partial charge in [-0.15, -0.1) is 0 Å². The van der Waals surface area contributed by atoms with E-state index in [2.05, 4.69) is 27.1 Å². The Morgan fingerprint density at radius 3 is 2.68 bits per heavy atom. The second kappa shape index (κ2) is 6.48. The second-order valence-electron chi connectivity index (χ2n) is 6.78. The molecule has 0 saturated carbocycles. The topological polar surface area (TPSA) is 74.5 Å². The molecule has 0 unspecified atom stereocenters. The lowest BCUT2D eigenvalue weighted by Crippen LogP contribution is -2.45. The van der Waals surface area contributed by atoms with Gasteiger partial charge in [-0.05, 0) is 19.2 Å². The van der Waals surface area contributed by atoms with Crippen molar-refractivity contribution in [1.82, 2.24) is 14.9 Å². The zero-order chi connectivity index (χ0) is 17.4. The van der Waals surface area contributed by atoms with Crippen LogP contribution in [0, 0.1) is 0 Å². The van der Waals surface area contributed by atoms with E-state index >= 15 is 0 Å². The molecule has 1 aliphatic heterocycles. The number of carbonyl (C=O) groups is 1. The van der Waals surface area contributed by atoms with Gasteiger partial charge in [-0.25, -0.2) is 4.98 Å². The van der Waals surface area contributed by atoms with Crippen LogP contribution in [0.15, 0.2) is 22.8 Å². The molecule has 2 aliphatic rings. The van der Waals surface area contributed by atoms with Gasteiger partial charge in [-0.2, -0.15) is 4.98 Å². The molecule has 0 aromatic carbocycles. The Balaban J connectivity index is 1.69. The predicted molar refractivity (Wildman–Crippen MR) is 95.4 cm³/mol. The lowest BCUT2D eigenvalue weighted by molar-refractivity contribution is 0.0959. The summed E-state index contributed by atoms with van der Waals surface area (Å²) in [5.74, 6) is 2.34. The van der Waals surface area contributed by atoms with Crippen LogP contribution >= 0.6 is 0 Å². The number of Topliss-reactive ketones (excluding diaryl/α,β-unsaturated/α-hetero) is 1. The molecular weight excluding hydrogens is 318 g/mol. The normalized spacial score (nSPS) is 21.3. The number of nitrogens with zero attached hydrogens (tertiary/aromatic N) is 4. The number of piperazine rings is 1. The van der Waals surface area contributed by atoms with Gasteiger partial charge in [0.05, 0.1) is 17.5 Å². The average molecular weight is 341 g/mol. The second-order valence-corrected chi connectivity index (χ2v) is 6.78. The quantitative estimate of drug-likeness (QED) is 0.912. The molecule has 2 aromatic rings. The molecule has 0 amide bonds. The Kier molecular flexibility index (Phi) is 4.17. The van der Waals surface area contributed by atoms with Gasteiger partial charge in [0.1, 0.15) is 11.6 Å². The molecule has 7 nitrogen and oxygen atoms in total. The Morgan fingerprint density at radius 1 is 1.20 bits per heavy atom. The molecule has 7 heteroatoms. The number of nitrogens with one attached hydrogen (secondary N) is 1. The molecule has 25 heavy (non-hydrogen) atoms. The molecule has 4 rings (SSSR count). The van der Waals surface area contributed by atoms with Crippen LogP contribution in [0.25, 0.3) is 0 Å². The van der Waals surface area contributed by atoms with Gasteiger partial charge in [0.25, 0.3) is 0 Å². The van der Waals surface area contributed by atoms with E-state index in [-0.39, 0.29) is 11.7 Å². The molecule has 0 radical (unpaired) electrons. The summed E-state index contributed by atoms with van der Waals surface area (Å²) in [6, 6.07) is 3.80. The molecule has 1 fully saturated rings. The fraction of sp³-hybridized carbons (Fsp3) is 0.500. The Bertz CT molecular complexity index is 766. The van der Waals surface area contributed by atoms with Gasteiger partial charge in [0.15, 0.2) is 5.78 Å². The first-order valence-corrected chi connectivity index (χ1v) is 8.74. The van der Waals surface area contributed by atoms with Crippen LogP contribution in [-0.2, 0) is 6.42 Å². The minimum atomic E-state index is 0.0509. The number of hydrogen-bond acceptors (Lipinski definition) is 7. The highest BCUT2D eigenvalue weighted by molar-refractivity contribution is 6.03. The largest absolute Gasteiger partial charge is 0.469 e. The number of aromatic nitrogens is 2. The van der Waals surface area contributed by atoms with Crippen molar-refractivity contribution < 1.29 is 9.21 Å². The molecule has 1 atom stereocenters. The average Bonchev–Trinajstić information content (AvgIpc) is 3.16. The molecular formula is C18H23N5O2. The van der Waals surface area contributed by atoms with E-state index in [1.165, 1.54) is 0 Å². The van der Waals surface area contributed by atoms with Crippen molar-refractivity contribution in [3.05, 3.63) is 35.4 Å². The smallest absolute Gasteiger partial charge is 0.227 e. The summed E-state index contributed by atoms with van der Waals surface area (Å²) >= 11 is 0. The van der Waals surface area contributed by atoms with Crippen LogP contribution in [0.1, 0.15) is 34.2 Å². The lowest BCUT2D eigenvalue weighted by Gasteiger charge is -2.33. The SMILES string of the molecule is CNc1nc(N2CCN(C)CC2)nc2c1C(=O)C[C@H](c1ccco1)C2. The fourth-order valence-electron chi connectivity index (χ4n) is 3.62. The van der Waals surface area contributed by atoms with E-state index in [4.69, 9.17) is 9.40 Å². The van der Waals surface area contributed by atoms with Crippen molar-refractivity contribution in [2.45, 2.75) is 18.8 Å². The van der Waals surface area contributed by atoms with Crippen LogP contribution < -0.4 is 10.2 Å². The molecule has 1 N–H and O–H groups in total. The number of carbonyl (C=O) groups excluding carboxylic acids is 1. The van der Waals surface area contributed by atoms with Crippen molar-refractivity contribution in [2.75, 3.05) is 50.5 Å². The number of likely N-dealkylation sites (N-methyl/N-ethyl adjacent to an activating group) is 1. The number of anilines is 2. The van der Waals surface area contributed by atoms with Gasteiger partial charge in [-0.3, -0.25) is 4.79 Å². The summed E-state index contributed by atoms with van der Waals surface area (Å²) < 4.78 is 5.52. The molecule has 2 aromatic heterocycles. The van der Waals surface area contributed by atoms with Crippen LogP contribution in [0.3, 0.4) is 0 Å². The summed E-state index contributed by atoms with van der Waals surface area (Å²) in [7, 11) is 3.93. The maximum Gasteiger partial charge on any atom is 0.227 e. The zero-order valence-electron chi connectivity index (χ0n) is 14.7. The molecule has 0 bridgehead atoms. The number of ketones is 1. The summed E-state index contributed by atoms with van der Waals surface area (Å²) in [4.78, 5) is 26.6. The van der Waals surface area contributed by atoms with Crippen molar-refractivity contribution >= 4 is 17.5 Å². The van der Waals surface area contributed by atoms with Gasteiger partial charge >= 0.3 is 0 Å². The number of rotatable bonds is 3. The van der Waals surface area contributed by atoms with E-state index in [9.17, 15) is 4.79 Å². The summed E-state index contributed by atoms with van der Waals surface area (Å²) in [6.45, 7) is 3.77. The molecule has 1 saturated heterocycles. The highest BCUT2D eigenvalue weighted by atomic mass is 16.3. The minimum Gasteiger partial charge on any atom is -0.469 e. The third-order valence-corrected chi connectivity index (χ3v) is 5.09. The van der Waals surface area contributed by atoms with Crippen molar-refractivity contribution in [2.24, 2.45) is 0 Å². The Hall–Kier alpha value is -2.41. The monoisotopic (exact) mass is 341 g/mol. The fourth-order valence-corrected chi connectivity index (χ4v) is 3.62. The minimum absolute atomic E-state index is 0.0509. The first kappa shape index (κ1) is 16.1. The van der Waals surface area contributed by atoms with E-state index in [0.29, 0.717) is 30.2 Å². The highest BCUT2D eigenvalue weighted by Crippen LogP contribution is 2.35. The van der Waals surface area contributed by atoms with Crippen LogP contribution in [0.5, 0.6) is 0 Å². The van der Waals surface area contributed by atoms with Crippen molar-refractivity contribution in [3.8, 4) is 0 Å². The Labute approximate surface area is 147 Å². The number of furan rings is 1. The van der Waals surface area contributed by atoms with E-state index < -0.39 is 0 Å². The third kappa shape index (κ3) is 3.00. The Morgan fingerprint density at radius 2 is 2.00 bits per heavy atom. The van der Waals surface area contributed by atoms with Crippen LogP contribution in [-0.4, -0.2) is 60.9 Å². The first-order valence-electron chi connectivity index (χ1n) is 8.74. The van der Waals surface area contributed by atoms with Gasteiger partial charge in [0, 0.05) is 52.0 Å². The third-order valence-electron chi connectivity index (χ3n) is 5.09. The van der Waals surface area contributed by atoms with E-state index in [1.807, 2.05) is 19.2 Å². The summed E-state index contributed by atoms with van der Waals surface area (Å²) in [5, 5.41) is 3.09. The maximum absolute atomic E-state index is 12.7. The van der Waals surface area contributed by atoms with Crippen LogP contribution in [0.2, 0.25) is 0 Å². The first-order chi connectivity index (χ1) is 12.2. The van der Waals surface area contributed by atoms with Crippen LogP contribution in [0.4, 0.5) is 11.8 Å². The summed E-state index contributed by atoms with van der Waals surface area (Å²) in [6.07, 6.45) is 2.79. The molecule has 0 spiro atoms. The lowest BCUT2D eigenvalue weighted by atomic mass is 9.84. The number of hydrogen-bond donors (Lipinski definition) is 1. The maximum atomic E-state index is 12.7.